The van der Waals surface area contributed by atoms with E-state index in [1.54, 1.807) is 0 Å². The van der Waals surface area contributed by atoms with Crippen molar-refractivity contribution in [1.29, 1.82) is 0 Å². The molecule has 5 atom stereocenters. The molecule has 0 aliphatic carbocycles. The van der Waals surface area contributed by atoms with Crippen molar-refractivity contribution in [1.82, 2.24) is 4.90 Å². The van der Waals surface area contributed by atoms with Crippen molar-refractivity contribution in [2.24, 2.45) is 5.92 Å². The van der Waals surface area contributed by atoms with Crippen LogP contribution in [0.15, 0.2) is 54.6 Å². The van der Waals surface area contributed by atoms with Gasteiger partial charge in [-0.1, -0.05) is 42.5 Å². The number of ether oxygens (including phenoxy) is 2. The number of halogens is 1. The summed E-state index contributed by atoms with van der Waals surface area (Å²) in [5, 5.41) is 0. The zero-order valence-electron chi connectivity index (χ0n) is 16.3. The van der Waals surface area contributed by atoms with Crippen LogP contribution in [0.1, 0.15) is 36.5 Å². The molecule has 2 heterocycles. The first-order valence-electron chi connectivity index (χ1n) is 9.84. The molecule has 1 unspecified atom stereocenters. The molecule has 2 aromatic rings. The van der Waals surface area contributed by atoms with Crippen LogP contribution in [0.25, 0.3) is 0 Å². The maximum Gasteiger partial charge on any atom is 0.312 e. The summed E-state index contributed by atoms with van der Waals surface area (Å²) in [5.74, 6) is -0.402. The summed E-state index contributed by atoms with van der Waals surface area (Å²) < 4.78 is 13.1. The molecule has 2 saturated heterocycles. The van der Waals surface area contributed by atoms with Gasteiger partial charge >= 0.3 is 5.97 Å². The zero-order chi connectivity index (χ0) is 19.7. The molecular formula is C23H26INO3. The molecule has 2 fully saturated rings. The van der Waals surface area contributed by atoms with E-state index in [1.165, 1.54) is 10.7 Å². The van der Waals surface area contributed by atoms with Crippen molar-refractivity contribution in [3.8, 4) is 0 Å². The number of carbonyl (C=O) groups is 1. The third-order valence-corrected chi connectivity index (χ3v) is 6.99. The van der Waals surface area contributed by atoms with Crippen LogP contribution in [0, 0.1) is 9.49 Å². The number of benzene rings is 2. The molecule has 2 bridgehead atoms. The highest BCUT2D eigenvalue weighted by molar-refractivity contribution is 14.1. The number of carbonyl (C=O) groups excluding carboxylic acids is 1. The topological polar surface area (TPSA) is 38.8 Å². The number of fused-ring (bicyclic) bond motifs is 2. The predicted molar refractivity (Wildman–Crippen MR) is 117 cm³/mol. The Hall–Kier alpha value is -1.44. The van der Waals surface area contributed by atoms with Crippen molar-refractivity contribution in [2.75, 3.05) is 14.2 Å². The van der Waals surface area contributed by atoms with Gasteiger partial charge in [-0.2, -0.15) is 0 Å². The van der Waals surface area contributed by atoms with Crippen LogP contribution in [0.2, 0.25) is 0 Å². The highest BCUT2D eigenvalue weighted by Gasteiger charge is 2.50. The van der Waals surface area contributed by atoms with Crippen molar-refractivity contribution in [2.45, 2.75) is 43.6 Å². The summed E-state index contributed by atoms with van der Waals surface area (Å²) in [6.07, 6.45) is 2.67. The molecule has 0 spiro atoms. The Morgan fingerprint density at radius 3 is 2.43 bits per heavy atom. The normalized spacial score (nSPS) is 28.1. The Morgan fingerprint density at radius 1 is 1.07 bits per heavy atom. The quantitative estimate of drug-likeness (QED) is 0.459. The molecule has 4 nitrogen and oxygen atoms in total. The molecule has 0 amide bonds. The van der Waals surface area contributed by atoms with Gasteiger partial charge in [0.2, 0.25) is 0 Å². The second kappa shape index (κ2) is 8.51. The molecule has 2 aromatic carbocycles. The van der Waals surface area contributed by atoms with Crippen LogP contribution in [-0.4, -0.2) is 43.2 Å². The fraction of sp³-hybridized carbons (Fsp3) is 0.435. The fourth-order valence-electron chi connectivity index (χ4n) is 4.80. The van der Waals surface area contributed by atoms with E-state index in [1.807, 2.05) is 18.2 Å². The minimum atomic E-state index is -0.246. The fourth-order valence-corrected chi connectivity index (χ4v) is 5.16. The minimum absolute atomic E-state index is 0.148. The largest absolute Gasteiger partial charge is 0.469 e. The first-order valence-corrected chi connectivity index (χ1v) is 10.9. The van der Waals surface area contributed by atoms with Gasteiger partial charge in [0.25, 0.3) is 0 Å². The van der Waals surface area contributed by atoms with E-state index in [0.29, 0.717) is 6.04 Å². The minimum Gasteiger partial charge on any atom is -0.469 e. The third kappa shape index (κ3) is 3.84. The molecule has 2 aliphatic heterocycles. The molecule has 4 rings (SSSR count). The lowest BCUT2D eigenvalue weighted by atomic mass is 9.87. The third-order valence-electron chi connectivity index (χ3n) is 6.27. The second-order valence-electron chi connectivity index (χ2n) is 7.77. The van der Waals surface area contributed by atoms with Gasteiger partial charge in [-0.05, 0) is 72.2 Å². The molecule has 0 aromatic heterocycles. The summed E-state index contributed by atoms with van der Waals surface area (Å²) in [5.41, 5.74) is 2.22. The lowest BCUT2D eigenvalue weighted by molar-refractivity contribution is -0.162. The Bertz CT molecular complexity index is 810. The van der Waals surface area contributed by atoms with Crippen molar-refractivity contribution in [3.05, 3.63) is 69.3 Å². The maximum absolute atomic E-state index is 12.7. The van der Waals surface area contributed by atoms with Gasteiger partial charge in [-0.3, -0.25) is 9.69 Å². The van der Waals surface area contributed by atoms with Gasteiger partial charge < -0.3 is 9.47 Å². The first kappa shape index (κ1) is 19.9. The van der Waals surface area contributed by atoms with E-state index >= 15 is 0 Å². The molecule has 148 valence electrons. The van der Waals surface area contributed by atoms with E-state index in [0.717, 1.165) is 30.4 Å². The van der Waals surface area contributed by atoms with Gasteiger partial charge in [-0.15, -0.1) is 0 Å². The average molecular weight is 491 g/mol. The number of methoxy groups -OCH3 is 1. The van der Waals surface area contributed by atoms with Crippen LogP contribution in [0.4, 0.5) is 0 Å². The average Bonchev–Trinajstić information content (AvgIpc) is 2.96. The highest BCUT2D eigenvalue weighted by Crippen LogP contribution is 2.42. The lowest BCUT2D eigenvalue weighted by Gasteiger charge is -2.42. The van der Waals surface area contributed by atoms with Crippen LogP contribution in [0.5, 0.6) is 0 Å². The number of rotatable bonds is 5. The van der Waals surface area contributed by atoms with Gasteiger partial charge in [0.05, 0.1) is 19.1 Å². The van der Waals surface area contributed by atoms with Crippen molar-refractivity contribution < 1.29 is 14.3 Å². The maximum atomic E-state index is 12.7. The first-order chi connectivity index (χ1) is 13.6. The van der Waals surface area contributed by atoms with E-state index in [4.69, 9.17) is 9.47 Å². The van der Waals surface area contributed by atoms with Crippen LogP contribution in [0.3, 0.4) is 0 Å². The molecule has 5 heteroatoms. The molecule has 28 heavy (non-hydrogen) atoms. The second-order valence-corrected chi connectivity index (χ2v) is 9.01. The van der Waals surface area contributed by atoms with Gasteiger partial charge in [0, 0.05) is 15.7 Å². The number of nitrogens with zero attached hydrogens (tertiary/aromatic N) is 1. The van der Waals surface area contributed by atoms with Crippen LogP contribution in [-0.2, 0) is 14.3 Å². The summed E-state index contributed by atoms with van der Waals surface area (Å²) >= 11 is 2.32. The predicted octanol–water partition coefficient (Wildman–Crippen LogP) is 4.42. The Labute approximate surface area is 180 Å². The monoisotopic (exact) mass is 491 g/mol. The Kier molecular flexibility index (Phi) is 6.04. The van der Waals surface area contributed by atoms with Gasteiger partial charge in [-0.25, -0.2) is 0 Å². The van der Waals surface area contributed by atoms with Crippen LogP contribution >= 0.6 is 22.6 Å². The molecule has 0 N–H and O–H groups in total. The SMILES string of the molecule is COC(=O)[C@H]1[C@@H](OC(c2ccccc2)c2ccc(I)cc2)C[C@H]2CC[C@@H]1N2C. The molecule has 2 aliphatic rings. The Balaban J connectivity index is 1.67. The summed E-state index contributed by atoms with van der Waals surface area (Å²) in [6.45, 7) is 0. The summed E-state index contributed by atoms with van der Waals surface area (Å²) in [6, 6.07) is 19.4. The number of hydrogen-bond acceptors (Lipinski definition) is 4. The van der Waals surface area contributed by atoms with E-state index in [-0.39, 0.29) is 30.1 Å². The van der Waals surface area contributed by atoms with E-state index in [9.17, 15) is 4.79 Å². The molecule has 0 saturated carbocycles. The summed E-state index contributed by atoms with van der Waals surface area (Å²) in [7, 11) is 3.61. The number of esters is 1. The van der Waals surface area contributed by atoms with Crippen molar-refractivity contribution >= 4 is 28.6 Å². The lowest BCUT2D eigenvalue weighted by Crippen LogP contribution is -2.53. The highest BCUT2D eigenvalue weighted by atomic mass is 127. The van der Waals surface area contributed by atoms with E-state index < -0.39 is 0 Å². The molecule has 0 radical (unpaired) electrons. The van der Waals surface area contributed by atoms with Gasteiger partial charge in [0.15, 0.2) is 0 Å². The molecular weight excluding hydrogens is 465 g/mol. The smallest absolute Gasteiger partial charge is 0.312 e. The Morgan fingerprint density at radius 2 is 1.75 bits per heavy atom. The zero-order valence-corrected chi connectivity index (χ0v) is 18.4. The van der Waals surface area contributed by atoms with Crippen LogP contribution < -0.4 is 0 Å². The standard InChI is InChI=1S/C23H26INO3/c1-25-18-12-13-19(25)21(23(26)27-2)20(14-18)28-22(15-6-4-3-5-7-15)16-8-10-17(24)11-9-16/h3-11,18-22H,12-14H2,1-2H3/t18-,19+,20+,21-,22?/m1/s1. The van der Waals surface area contributed by atoms with Crippen molar-refractivity contribution in [3.63, 3.8) is 0 Å². The van der Waals surface area contributed by atoms with E-state index in [2.05, 4.69) is 70.9 Å². The number of hydrogen-bond donors (Lipinski definition) is 0. The number of piperidine rings is 1. The summed E-state index contributed by atoms with van der Waals surface area (Å²) in [4.78, 5) is 15.0. The van der Waals surface area contributed by atoms with Gasteiger partial charge in [0.1, 0.15) is 6.10 Å².